The molecule has 24 heteroatoms. The molecule has 1 saturated heterocycles. The Morgan fingerprint density at radius 3 is 2.19 bits per heavy atom. The number of carbonyl (C=O) groups excluding carboxylic acids is 9. The molecular weight excluding hydrogens is 1180 g/mol. The van der Waals surface area contributed by atoms with Gasteiger partial charge in [-0.05, 0) is 126 Å². The van der Waals surface area contributed by atoms with Gasteiger partial charge < -0.3 is 60.9 Å². The molecule has 0 spiro atoms. The summed E-state index contributed by atoms with van der Waals surface area (Å²) in [6.45, 7) is 10.4. The van der Waals surface area contributed by atoms with Crippen molar-refractivity contribution in [1.82, 2.24) is 25.8 Å². The average molecular weight is 1260 g/mol. The van der Waals surface area contributed by atoms with Crippen LogP contribution in [-0.2, 0) is 40.1 Å². The van der Waals surface area contributed by atoms with Crippen molar-refractivity contribution in [3.63, 3.8) is 0 Å². The van der Waals surface area contributed by atoms with Crippen molar-refractivity contribution < 1.29 is 67.2 Å². The van der Waals surface area contributed by atoms with Gasteiger partial charge in [-0.1, -0.05) is 56.7 Å². The fourth-order valence-corrected chi connectivity index (χ4v) is 12.1. The highest BCUT2D eigenvalue weighted by Gasteiger charge is 2.46. The normalized spacial score (nSPS) is 17.6. The SMILES string of the molecule is COc1cc2c(cc1OCCCCCC(=O)N1CC(CCCl)c3c1cc(OCc1ccc(NC(=O)[C@H](CCCNC(N)=O)NC(=O)[C@@H](NC(=O)CCCCCN4C(=O)C=CC4=O)C(C)C)cc1)c1ccccc31)N(C(=O)OC(C)(C)C)[C@@H](O)[C@@H]1CCCN1C2=O. The third kappa shape index (κ3) is 16.9. The monoisotopic (exact) mass is 1260 g/mol. The van der Waals surface area contributed by atoms with E-state index in [1.165, 1.54) is 19.3 Å². The number of unbranched alkanes of at least 4 members (excludes halogenated alkanes) is 4. The fraction of sp³-hybridized carbons (Fsp3) is 0.500. The highest BCUT2D eigenvalue weighted by Crippen LogP contribution is 2.47. The van der Waals surface area contributed by atoms with Crippen LogP contribution < -0.4 is 51.0 Å². The fourth-order valence-electron chi connectivity index (χ4n) is 11.8. The number of anilines is 3. The van der Waals surface area contributed by atoms with Crippen LogP contribution in [0.3, 0.4) is 0 Å². The molecule has 4 heterocycles. The molecule has 0 aromatic heterocycles. The summed E-state index contributed by atoms with van der Waals surface area (Å²) >= 11 is 6.39. The number of aliphatic hydroxyl groups excluding tert-OH is 1. The number of nitrogens with zero attached hydrogens (tertiary/aromatic N) is 4. The molecule has 0 aliphatic carbocycles. The van der Waals surface area contributed by atoms with Crippen molar-refractivity contribution in [3.05, 3.63) is 95.6 Å². The van der Waals surface area contributed by atoms with Gasteiger partial charge in [-0.25, -0.2) is 14.5 Å². The maximum Gasteiger partial charge on any atom is 0.417 e. The number of hydrogen-bond acceptors (Lipinski definition) is 14. The largest absolute Gasteiger partial charge is 0.493 e. The van der Waals surface area contributed by atoms with Gasteiger partial charge in [0.05, 0.1) is 36.7 Å². The van der Waals surface area contributed by atoms with Crippen LogP contribution in [-0.4, -0.2) is 144 Å². The van der Waals surface area contributed by atoms with Crippen LogP contribution in [0.15, 0.2) is 78.9 Å². The molecule has 10 amide bonds. The number of alkyl halides is 1. The molecule has 484 valence electrons. The van der Waals surface area contributed by atoms with Crippen LogP contribution in [0.2, 0.25) is 0 Å². The summed E-state index contributed by atoms with van der Waals surface area (Å²) in [7, 11) is 1.47. The molecule has 8 rings (SSSR count). The molecule has 4 aromatic carbocycles. The predicted octanol–water partition coefficient (Wildman–Crippen LogP) is 8.30. The molecule has 0 radical (unpaired) electrons. The second-order valence-corrected chi connectivity index (χ2v) is 24.8. The standard InChI is InChI=1S/C66H84ClN9O14/c1-40(2)59(72-54(77)21-9-7-13-32-74-56(79)27-28-57(74)80)61(82)71-47(19-15-31-69-64(68)85)60(81)70-43-25-23-41(24-26-43)39-89-51-37-50-58(45-18-12-11-17-44(45)51)42(29-30-67)38-75(50)55(78)22-10-8-14-34-88-53-36-49-46(35-52(53)87-6)62(83)73-33-16-20-48(73)63(84)76(49)65(86)90-66(3,4)5/h11-12,17-18,23-28,35-37,40,42,47-48,59,63,84H,7-10,13-16,19-22,29-34,38-39H2,1-6H3,(H,70,81)(H,71,82)(H,72,77)(H3,68,69,85)/t42?,47-,48-,59-,63-/m0/s1. The Bertz CT molecular complexity index is 3320. The number of halogens is 1. The summed E-state index contributed by atoms with van der Waals surface area (Å²) in [6.07, 6.45) is 6.31. The number of fused-ring (bicyclic) bond motifs is 5. The van der Waals surface area contributed by atoms with E-state index in [9.17, 15) is 48.3 Å². The molecule has 1 fully saturated rings. The predicted molar refractivity (Wildman–Crippen MR) is 339 cm³/mol. The van der Waals surface area contributed by atoms with E-state index in [4.69, 9.17) is 36.3 Å². The van der Waals surface area contributed by atoms with Crippen LogP contribution in [0, 0.1) is 5.92 Å². The lowest BCUT2D eigenvalue weighted by molar-refractivity contribution is -0.137. The number of methoxy groups -OCH3 is 1. The van der Waals surface area contributed by atoms with Gasteiger partial charge in [0.15, 0.2) is 17.7 Å². The second-order valence-electron chi connectivity index (χ2n) is 24.4. The van der Waals surface area contributed by atoms with E-state index in [-0.39, 0.29) is 104 Å². The minimum Gasteiger partial charge on any atom is -0.493 e. The number of aliphatic hydroxyl groups is 1. The van der Waals surface area contributed by atoms with E-state index in [0.717, 1.165) is 37.4 Å². The van der Waals surface area contributed by atoms with E-state index in [0.29, 0.717) is 100 Å². The van der Waals surface area contributed by atoms with Crippen molar-refractivity contribution in [2.45, 2.75) is 161 Å². The number of nitrogens with one attached hydrogen (secondary N) is 4. The number of nitrogens with two attached hydrogens (primary N) is 1. The maximum absolute atomic E-state index is 14.3. The zero-order valence-corrected chi connectivity index (χ0v) is 52.9. The van der Waals surface area contributed by atoms with Gasteiger partial charge in [-0.3, -0.25) is 38.5 Å². The Labute approximate surface area is 529 Å². The molecule has 1 unspecified atom stereocenters. The third-order valence-electron chi connectivity index (χ3n) is 16.4. The minimum absolute atomic E-state index is 0.00982. The van der Waals surface area contributed by atoms with Gasteiger partial charge in [-0.2, -0.15) is 0 Å². The van der Waals surface area contributed by atoms with Crippen LogP contribution in [0.25, 0.3) is 10.8 Å². The molecule has 4 aliphatic rings. The van der Waals surface area contributed by atoms with Crippen molar-refractivity contribution >= 4 is 92.9 Å². The first-order chi connectivity index (χ1) is 43.1. The van der Waals surface area contributed by atoms with Crippen LogP contribution in [0.1, 0.15) is 145 Å². The van der Waals surface area contributed by atoms with Crippen molar-refractivity contribution in [1.29, 1.82) is 0 Å². The van der Waals surface area contributed by atoms with Crippen LogP contribution in [0.4, 0.5) is 26.7 Å². The molecule has 4 aliphatic heterocycles. The summed E-state index contributed by atoms with van der Waals surface area (Å²) < 4.78 is 24.2. The summed E-state index contributed by atoms with van der Waals surface area (Å²) in [6, 6.07) is 16.6. The molecule has 0 bridgehead atoms. The quantitative estimate of drug-likeness (QED) is 0.0169. The summed E-state index contributed by atoms with van der Waals surface area (Å²) in [5.41, 5.74) is 7.76. The number of ether oxygens (including phenoxy) is 4. The van der Waals surface area contributed by atoms with E-state index in [1.54, 1.807) is 75.9 Å². The Kier molecular flexibility index (Phi) is 23.1. The van der Waals surface area contributed by atoms with Gasteiger partial charge in [0.1, 0.15) is 30.0 Å². The molecule has 0 saturated carbocycles. The lowest BCUT2D eigenvalue weighted by atomic mass is 9.92. The molecule has 5 atom stereocenters. The number of carbonyl (C=O) groups is 9. The average Bonchev–Trinajstić information content (AvgIpc) is 1.57. The highest BCUT2D eigenvalue weighted by atomic mass is 35.5. The Hall–Kier alpha value is -8.44. The lowest BCUT2D eigenvalue weighted by Crippen LogP contribution is -2.54. The van der Waals surface area contributed by atoms with Crippen molar-refractivity contribution in [3.8, 4) is 17.2 Å². The number of urea groups is 1. The zero-order chi connectivity index (χ0) is 64.8. The number of imide groups is 1. The number of hydrogen-bond donors (Lipinski definition) is 6. The van der Waals surface area contributed by atoms with Crippen LogP contribution >= 0.6 is 11.6 Å². The van der Waals surface area contributed by atoms with E-state index in [2.05, 4.69) is 21.3 Å². The first-order valence-corrected chi connectivity index (χ1v) is 31.6. The Balaban J connectivity index is 0.871. The second kappa shape index (κ2) is 30.9. The van der Waals surface area contributed by atoms with Crippen molar-refractivity contribution in [2.24, 2.45) is 11.7 Å². The van der Waals surface area contributed by atoms with Gasteiger partial charge >= 0.3 is 12.1 Å². The molecule has 4 aromatic rings. The Morgan fingerprint density at radius 2 is 1.50 bits per heavy atom. The molecular formula is C66H84ClN9O14. The summed E-state index contributed by atoms with van der Waals surface area (Å²) in [5.74, 6) is -1.34. The molecule has 90 heavy (non-hydrogen) atoms. The summed E-state index contributed by atoms with van der Waals surface area (Å²) in [5, 5.41) is 24.4. The lowest BCUT2D eigenvalue weighted by Gasteiger charge is -2.33. The zero-order valence-electron chi connectivity index (χ0n) is 52.1. The topological polar surface area (TPSA) is 298 Å². The first-order valence-electron chi connectivity index (χ1n) is 31.0. The van der Waals surface area contributed by atoms with E-state index in [1.807, 2.05) is 35.2 Å². The van der Waals surface area contributed by atoms with Gasteiger partial charge in [0, 0.05) is 86.2 Å². The third-order valence-corrected chi connectivity index (χ3v) is 16.6. The first kappa shape index (κ1) is 67.5. The molecule has 23 nitrogen and oxygen atoms in total. The summed E-state index contributed by atoms with van der Waals surface area (Å²) in [4.78, 5) is 123. The highest BCUT2D eigenvalue weighted by molar-refractivity contribution is 6.18. The number of benzene rings is 4. The number of rotatable bonds is 29. The Morgan fingerprint density at radius 1 is 0.800 bits per heavy atom. The van der Waals surface area contributed by atoms with Gasteiger partial charge in [0.2, 0.25) is 23.6 Å². The van der Waals surface area contributed by atoms with E-state index >= 15 is 0 Å². The van der Waals surface area contributed by atoms with Gasteiger partial charge in [-0.15, -0.1) is 11.6 Å². The smallest absolute Gasteiger partial charge is 0.417 e. The number of primary amides is 1. The van der Waals surface area contributed by atoms with E-state index < -0.39 is 53.9 Å². The number of amides is 10. The van der Waals surface area contributed by atoms with Crippen molar-refractivity contribution in [2.75, 3.05) is 60.9 Å². The van der Waals surface area contributed by atoms with Crippen LogP contribution in [0.5, 0.6) is 17.2 Å². The van der Waals surface area contributed by atoms with Gasteiger partial charge in [0.25, 0.3) is 17.7 Å². The molecule has 7 N–H and O–H groups in total. The maximum atomic E-state index is 14.3. The minimum atomic E-state index is -1.35.